The summed E-state index contributed by atoms with van der Waals surface area (Å²) in [4.78, 5) is 19.0. The minimum absolute atomic E-state index is 0.0265. The lowest BCUT2D eigenvalue weighted by Gasteiger charge is -2.53. The number of aliphatic hydroxyl groups is 1. The molecule has 0 bridgehead atoms. The molecule has 6 heteroatoms. The highest BCUT2D eigenvalue weighted by molar-refractivity contribution is 5.77. The summed E-state index contributed by atoms with van der Waals surface area (Å²) in [7, 11) is 0. The molecule has 160 valence electrons. The summed E-state index contributed by atoms with van der Waals surface area (Å²) in [6.45, 7) is 9.48. The minimum Gasteiger partial charge on any atom is -0.388 e. The van der Waals surface area contributed by atoms with Crippen LogP contribution in [0.1, 0.15) is 52.0 Å². The molecule has 0 radical (unpaired) electrons. The first-order chi connectivity index (χ1) is 13.8. The summed E-state index contributed by atoms with van der Waals surface area (Å²) >= 11 is 0. The maximum Gasteiger partial charge on any atom is 0.220 e. The topological polar surface area (TPSA) is 74.7 Å². The van der Waals surface area contributed by atoms with Crippen LogP contribution in [0.4, 0.5) is 0 Å². The van der Waals surface area contributed by atoms with Gasteiger partial charge in [0.25, 0.3) is 0 Å². The predicted octanol–water partition coefficient (Wildman–Crippen LogP) is 2.47. The van der Waals surface area contributed by atoms with E-state index in [4.69, 9.17) is 4.74 Å². The van der Waals surface area contributed by atoms with Crippen LogP contribution in [0, 0.1) is 0 Å². The number of aliphatic hydroxyl groups excluding tert-OH is 1. The van der Waals surface area contributed by atoms with Crippen LogP contribution in [-0.2, 0) is 16.0 Å². The Morgan fingerprint density at radius 1 is 1.31 bits per heavy atom. The van der Waals surface area contributed by atoms with Crippen molar-refractivity contribution >= 4 is 5.91 Å². The third-order valence-corrected chi connectivity index (χ3v) is 6.39. The average molecular weight is 402 g/mol. The summed E-state index contributed by atoms with van der Waals surface area (Å²) in [5.74, 6) is -0.0265. The lowest BCUT2D eigenvalue weighted by molar-refractivity contribution is -0.207. The number of likely N-dealkylation sites (tertiary alicyclic amines) is 1. The Hall–Kier alpha value is -1.76. The van der Waals surface area contributed by atoms with Gasteiger partial charge in [-0.05, 0) is 64.2 Å². The molecule has 6 nitrogen and oxygen atoms in total. The zero-order valence-electron chi connectivity index (χ0n) is 18.0. The molecule has 2 saturated heterocycles. The lowest BCUT2D eigenvalue weighted by Crippen LogP contribution is -2.69. The van der Waals surface area contributed by atoms with Crippen molar-refractivity contribution in [1.82, 2.24) is 15.2 Å². The Labute approximate surface area is 174 Å². The minimum atomic E-state index is -0.709. The van der Waals surface area contributed by atoms with E-state index in [1.165, 1.54) is 5.57 Å². The number of hydrogen-bond donors (Lipinski definition) is 2. The Morgan fingerprint density at radius 3 is 2.66 bits per heavy atom. The second-order valence-electron chi connectivity index (χ2n) is 8.97. The fraction of sp³-hybridized carbons (Fsp3) is 0.652. The van der Waals surface area contributed by atoms with E-state index in [0.717, 1.165) is 38.0 Å². The highest BCUT2D eigenvalue weighted by Gasteiger charge is 2.53. The Morgan fingerprint density at radius 2 is 2.00 bits per heavy atom. The van der Waals surface area contributed by atoms with Gasteiger partial charge in [-0.15, -0.1) is 0 Å². The van der Waals surface area contributed by atoms with Crippen molar-refractivity contribution in [2.45, 2.75) is 70.1 Å². The fourth-order valence-electron chi connectivity index (χ4n) is 4.43. The molecule has 2 fully saturated rings. The number of hydrogen-bond acceptors (Lipinski definition) is 5. The second-order valence-corrected chi connectivity index (χ2v) is 8.97. The highest BCUT2D eigenvalue weighted by Crippen LogP contribution is 2.40. The summed E-state index contributed by atoms with van der Waals surface area (Å²) in [5, 5.41) is 14.4. The number of aryl methyl sites for hydroxylation is 1. The predicted molar refractivity (Wildman–Crippen MR) is 114 cm³/mol. The number of carbonyl (C=O) groups is 1. The van der Waals surface area contributed by atoms with Crippen molar-refractivity contribution in [2.24, 2.45) is 0 Å². The van der Waals surface area contributed by atoms with Crippen LogP contribution in [0.25, 0.3) is 0 Å². The summed E-state index contributed by atoms with van der Waals surface area (Å²) in [6.07, 6.45) is 8.27. The van der Waals surface area contributed by atoms with Gasteiger partial charge in [-0.1, -0.05) is 11.6 Å². The zero-order valence-corrected chi connectivity index (χ0v) is 18.0. The number of ether oxygens (including phenoxy) is 1. The normalized spacial score (nSPS) is 26.8. The first kappa shape index (κ1) is 21.9. The Balaban J connectivity index is 1.57. The molecule has 1 aromatic rings. The summed E-state index contributed by atoms with van der Waals surface area (Å²) < 4.78 is 6.15. The van der Waals surface area contributed by atoms with Crippen molar-refractivity contribution in [3.63, 3.8) is 0 Å². The van der Waals surface area contributed by atoms with E-state index < -0.39 is 17.2 Å². The monoisotopic (exact) mass is 401 g/mol. The van der Waals surface area contributed by atoms with Gasteiger partial charge < -0.3 is 15.2 Å². The van der Waals surface area contributed by atoms with Crippen molar-refractivity contribution < 1.29 is 14.6 Å². The molecule has 0 unspecified atom stereocenters. The molecule has 2 atom stereocenters. The molecule has 1 spiro atoms. The number of nitrogens with one attached hydrogen (secondary N) is 1. The van der Waals surface area contributed by atoms with Crippen LogP contribution >= 0.6 is 0 Å². The number of carbonyl (C=O) groups excluding carboxylic acids is 1. The third kappa shape index (κ3) is 5.44. The van der Waals surface area contributed by atoms with Gasteiger partial charge in [-0.2, -0.15) is 0 Å². The van der Waals surface area contributed by atoms with Gasteiger partial charge >= 0.3 is 0 Å². The molecule has 0 aliphatic carbocycles. The van der Waals surface area contributed by atoms with E-state index in [2.05, 4.69) is 35.1 Å². The molecule has 1 amide bonds. The number of aromatic nitrogens is 1. The lowest BCUT2D eigenvalue weighted by atomic mass is 9.73. The number of nitrogens with zero attached hydrogens (tertiary/aromatic N) is 2. The summed E-state index contributed by atoms with van der Waals surface area (Å²) in [5.41, 5.74) is 1.19. The van der Waals surface area contributed by atoms with Gasteiger partial charge in [-0.25, -0.2) is 0 Å². The van der Waals surface area contributed by atoms with Gasteiger partial charge in [0.2, 0.25) is 5.91 Å². The van der Waals surface area contributed by atoms with Gasteiger partial charge in [0, 0.05) is 45.1 Å². The van der Waals surface area contributed by atoms with Crippen molar-refractivity contribution in [1.29, 1.82) is 0 Å². The van der Waals surface area contributed by atoms with E-state index in [0.29, 0.717) is 25.9 Å². The smallest absolute Gasteiger partial charge is 0.220 e. The van der Waals surface area contributed by atoms with Crippen molar-refractivity contribution in [2.75, 3.05) is 26.2 Å². The van der Waals surface area contributed by atoms with Crippen LogP contribution in [0.15, 0.2) is 36.2 Å². The number of piperidine rings is 1. The van der Waals surface area contributed by atoms with Gasteiger partial charge in [0.05, 0.1) is 11.1 Å². The van der Waals surface area contributed by atoms with Crippen LogP contribution in [0.5, 0.6) is 0 Å². The number of pyridine rings is 1. The van der Waals surface area contributed by atoms with E-state index in [1.807, 2.05) is 19.1 Å². The fourth-order valence-corrected chi connectivity index (χ4v) is 4.43. The quantitative estimate of drug-likeness (QED) is 0.717. The van der Waals surface area contributed by atoms with Crippen LogP contribution in [0.2, 0.25) is 0 Å². The first-order valence-electron chi connectivity index (χ1n) is 10.7. The standard InChI is InChI=1S/C23H35N3O3/c1-18(2)8-14-26-15-9-23(10-16-26)21(28)22(3,11-17-29-23)25-20(27)5-4-19-6-12-24-13-7-19/h6-8,12-13,21,28H,4-5,9-11,14-17H2,1-3H3,(H,25,27)/t21-,22+/m1/s1. The molecular formula is C23H35N3O3. The van der Waals surface area contributed by atoms with E-state index in [9.17, 15) is 9.90 Å². The number of rotatable bonds is 6. The maximum atomic E-state index is 12.6. The Kier molecular flexibility index (Phi) is 7.09. The molecule has 3 heterocycles. The van der Waals surface area contributed by atoms with E-state index in [-0.39, 0.29) is 5.91 Å². The molecule has 2 aliphatic rings. The van der Waals surface area contributed by atoms with Crippen LogP contribution in [0.3, 0.4) is 0 Å². The first-order valence-corrected chi connectivity index (χ1v) is 10.7. The average Bonchev–Trinajstić information content (AvgIpc) is 2.71. The highest BCUT2D eigenvalue weighted by atomic mass is 16.5. The molecule has 0 saturated carbocycles. The second kappa shape index (κ2) is 9.37. The van der Waals surface area contributed by atoms with Crippen molar-refractivity contribution in [3.05, 3.63) is 41.7 Å². The SMILES string of the molecule is CC(C)=CCN1CCC2(CC1)OCC[C@](C)(NC(=O)CCc1ccncc1)[C@H]2O. The van der Waals surface area contributed by atoms with Gasteiger partial charge in [0.15, 0.2) is 0 Å². The van der Waals surface area contributed by atoms with Gasteiger partial charge in [-0.3, -0.25) is 14.7 Å². The molecule has 2 aliphatic heterocycles. The Bertz CT molecular complexity index is 709. The van der Waals surface area contributed by atoms with Crippen molar-refractivity contribution in [3.8, 4) is 0 Å². The summed E-state index contributed by atoms with van der Waals surface area (Å²) in [6, 6.07) is 3.85. The molecule has 1 aromatic heterocycles. The maximum absolute atomic E-state index is 12.6. The molecule has 3 rings (SSSR count). The third-order valence-electron chi connectivity index (χ3n) is 6.39. The van der Waals surface area contributed by atoms with E-state index in [1.54, 1.807) is 12.4 Å². The number of allylic oxidation sites excluding steroid dienone is 1. The zero-order chi connectivity index (χ0) is 20.9. The van der Waals surface area contributed by atoms with Crippen LogP contribution in [-0.4, -0.2) is 64.4 Å². The van der Waals surface area contributed by atoms with E-state index >= 15 is 0 Å². The molecule has 2 N–H and O–H groups in total. The largest absolute Gasteiger partial charge is 0.388 e. The molecule has 0 aromatic carbocycles. The molecular weight excluding hydrogens is 366 g/mol. The van der Waals surface area contributed by atoms with Gasteiger partial charge in [0.1, 0.15) is 6.10 Å². The molecule has 29 heavy (non-hydrogen) atoms. The number of amides is 1. The van der Waals surface area contributed by atoms with Crippen LogP contribution < -0.4 is 5.32 Å².